The fourth-order valence-corrected chi connectivity index (χ4v) is 1.85. The summed E-state index contributed by atoms with van der Waals surface area (Å²) < 4.78 is 10.2. The van der Waals surface area contributed by atoms with Gasteiger partial charge in [0.2, 0.25) is 0 Å². The van der Waals surface area contributed by atoms with Crippen LogP contribution < -0.4 is 10.2 Å². The van der Waals surface area contributed by atoms with E-state index in [-0.39, 0.29) is 24.4 Å². The van der Waals surface area contributed by atoms with Crippen LogP contribution in [-0.2, 0) is 19.7 Å². The van der Waals surface area contributed by atoms with E-state index < -0.39 is 5.91 Å². The molecule has 0 aliphatic heterocycles. The van der Waals surface area contributed by atoms with Gasteiger partial charge in [-0.15, -0.1) is 0 Å². The molecule has 1 aromatic rings. The number of esters is 1. The molecule has 1 N–H and O–H groups in total. The number of carbonyl (C=O) groups excluding carboxylic acids is 2. The summed E-state index contributed by atoms with van der Waals surface area (Å²) in [6, 6.07) is 7.63. The molecular formula is C18H26N2O4. The second-order valence-corrected chi connectivity index (χ2v) is 6.43. The van der Waals surface area contributed by atoms with Gasteiger partial charge in [0, 0.05) is 5.71 Å². The van der Waals surface area contributed by atoms with Gasteiger partial charge in [-0.3, -0.25) is 9.59 Å². The minimum absolute atomic E-state index is 0.0449. The standard InChI is InChI=1S/C18H26N2O4/c1-6-23-17(22)11-13(2)19-20-16(21)12-24-15-9-7-14(8-10-15)18(3,4)5/h7-10H,6,11-12H2,1-5H3,(H,20,21). The number of nitrogens with zero attached hydrogens (tertiary/aromatic N) is 1. The molecule has 132 valence electrons. The Hall–Kier alpha value is -2.37. The molecular weight excluding hydrogens is 308 g/mol. The predicted octanol–water partition coefficient (Wildman–Crippen LogP) is 2.81. The van der Waals surface area contributed by atoms with Crippen LogP contribution in [0.15, 0.2) is 29.4 Å². The van der Waals surface area contributed by atoms with Gasteiger partial charge in [0.05, 0.1) is 13.0 Å². The molecule has 0 heterocycles. The van der Waals surface area contributed by atoms with Crippen molar-refractivity contribution in [2.24, 2.45) is 5.10 Å². The van der Waals surface area contributed by atoms with Crippen LogP contribution in [0.25, 0.3) is 0 Å². The minimum atomic E-state index is -0.391. The van der Waals surface area contributed by atoms with Crippen LogP contribution >= 0.6 is 0 Å². The molecule has 1 aromatic carbocycles. The summed E-state index contributed by atoms with van der Waals surface area (Å²) in [5.74, 6) is -0.147. The first kappa shape index (κ1) is 19.7. The average molecular weight is 334 g/mol. The number of amides is 1. The van der Waals surface area contributed by atoms with Crippen LogP contribution in [0.3, 0.4) is 0 Å². The zero-order valence-electron chi connectivity index (χ0n) is 15.0. The van der Waals surface area contributed by atoms with Crippen molar-refractivity contribution in [2.45, 2.75) is 46.5 Å². The number of ether oxygens (including phenoxy) is 2. The molecule has 0 bridgehead atoms. The highest BCUT2D eigenvalue weighted by Gasteiger charge is 2.13. The van der Waals surface area contributed by atoms with E-state index in [1.807, 2.05) is 24.3 Å². The second-order valence-electron chi connectivity index (χ2n) is 6.43. The van der Waals surface area contributed by atoms with Crippen molar-refractivity contribution < 1.29 is 19.1 Å². The van der Waals surface area contributed by atoms with Gasteiger partial charge in [0.1, 0.15) is 5.75 Å². The van der Waals surface area contributed by atoms with E-state index in [0.717, 1.165) is 0 Å². The number of nitrogens with one attached hydrogen (secondary N) is 1. The highest BCUT2D eigenvalue weighted by atomic mass is 16.5. The number of benzene rings is 1. The van der Waals surface area contributed by atoms with Crippen molar-refractivity contribution >= 4 is 17.6 Å². The van der Waals surface area contributed by atoms with E-state index in [0.29, 0.717) is 18.1 Å². The molecule has 6 nitrogen and oxygen atoms in total. The number of hydrazone groups is 1. The lowest BCUT2D eigenvalue weighted by Gasteiger charge is -2.19. The Morgan fingerprint density at radius 3 is 2.33 bits per heavy atom. The summed E-state index contributed by atoms with van der Waals surface area (Å²) >= 11 is 0. The first-order valence-electron chi connectivity index (χ1n) is 7.93. The Bertz CT molecular complexity index is 586. The molecule has 6 heteroatoms. The number of rotatable bonds is 7. The maximum absolute atomic E-state index is 11.7. The Labute approximate surface area is 143 Å². The lowest BCUT2D eigenvalue weighted by molar-refractivity contribution is -0.141. The molecule has 0 saturated carbocycles. The van der Waals surface area contributed by atoms with Crippen molar-refractivity contribution in [1.82, 2.24) is 5.43 Å². The van der Waals surface area contributed by atoms with Gasteiger partial charge in [0.15, 0.2) is 6.61 Å². The fourth-order valence-electron chi connectivity index (χ4n) is 1.85. The van der Waals surface area contributed by atoms with Crippen LogP contribution in [0.4, 0.5) is 0 Å². The van der Waals surface area contributed by atoms with E-state index in [4.69, 9.17) is 9.47 Å². The van der Waals surface area contributed by atoms with Gasteiger partial charge in [-0.05, 0) is 37.0 Å². The third-order valence-electron chi connectivity index (χ3n) is 3.17. The van der Waals surface area contributed by atoms with E-state index in [9.17, 15) is 9.59 Å². The SMILES string of the molecule is CCOC(=O)CC(C)=NNC(=O)COc1ccc(C(C)(C)C)cc1. The number of hydrogen-bond acceptors (Lipinski definition) is 5. The minimum Gasteiger partial charge on any atom is -0.484 e. The molecule has 1 amide bonds. The molecule has 1 rings (SSSR count). The van der Waals surface area contributed by atoms with Gasteiger partial charge in [0.25, 0.3) is 5.91 Å². The summed E-state index contributed by atoms with van der Waals surface area (Å²) in [7, 11) is 0. The maximum Gasteiger partial charge on any atom is 0.311 e. The zero-order chi connectivity index (χ0) is 18.2. The lowest BCUT2D eigenvalue weighted by atomic mass is 9.87. The van der Waals surface area contributed by atoms with E-state index in [2.05, 4.69) is 31.3 Å². The quantitative estimate of drug-likeness (QED) is 0.472. The zero-order valence-corrected chi connectivity index (χ0v) is 15.0. The van der Waals surface area contributed by atoms with E-state index >= 15 is 0 Å². The molecule has 0 aliphatic rings. The van der Waals surface area contributed by atoms with E-state index in [1.165, 1.54) is 5.56 Å². The Kier molecular flexibility index (Phi) is 7.42. The molecule has 0 atom stereocenters. The summed E-state index contributed by atoms with van der Waals surface area (Å²) in [6.45, 7) is 9.94. The van der Waals surface area contributed by atoms with Gasteiger partial charge >= 0.3 is 5.97 Å². The van der Waals surface area contributed by atoms with Gasteiger partial charge in [-0.1, -0.05) is 32.9 Å². The number of hydrogen-bond donors (Lipinski definition) is 1. The smallest absolute Gasteiger partial charge is 0.311 e. The molecule has 0 aliphatic carbocycles. The van der Waals surface area contributed by atoms with Gasteiger partial charge in [-0.2, -0.15) is 5.10 Å². The molecule has 0 aromatic heterocycles. The summed E-state index contributed by atoms with van der Waals surface area (Å²) in [6.07, 6.45) is 0.0449. The Morgan fingerprint density at radius 1 is 1.17 bits per heavy atom. The average Bonchev–Trinajstić information content (AvgIpc) is 2.50. The van der Waals surface area contributed by atoms with Crippen molar-refractivity contribution in [3.8, 4) is 5.75 Å². The monoisotopic (exact) mass is 334 g/mol. The van der Waals surface area contributed by atoms with Gasteiger partial charge < -0.3 is 9.47 Å². The van der Waals surface area contributed by atoms with Crippen molar-refractivity contribution in [3.05, 3.63) is 29.8 Å². The molecule has 0 fully saturated rings. The summed E-state index contributed by atoms with van der Waals surface area (Å²) in [5, 5.41) is 3.84. The van der Waals surface area contributed by atoms with Crippen LogP contribution in [0.2, 0.25) is 0 Å². The molecule has 0 spiro atoms. The first-order valence-corrected chi connectivity index (χ1v) is 7.93. The van der Waals surface area contributed by atoms with Crippen molar-refractivity contribution in [1.29, 1.82) is 0 Å². The molecule has 24 heavy (non-hydrogen) atoms. The second kappa shape index (κ2) is 9.05. The topological polar surface area (TPSA) is 77.0 Å². The predicted molar refractivity (Wildman–Crippen MR) is 93.1 cm³/mol. The summed E-state index contributed by atoms with van der Waals surface area (Å²) in [5.41, 5.74) is 4.08. The fraction of sp³-hybridized carbons (Fsp3) is 0.500. The molecule has 0 radical (unpaired) electrons. The van der Waals surface area contributed by atoms with Crippen LogP contribution in [-0.4, -0.2) is 30.8 Å². The Morgan fingerprint density at radius 2 is 1.79 bits per heavy atom. The van der Waals surface area contributed by atoms with Crippen LogP contribution in [0.1, 0.15) is 46.6 Å². The molecule has 0 saturated heterocycles. The highest BCUT2D eigenvalue weighted by molar-refractivity contribution is 5.98. The molecule has 0 unspecified atom stereocenters. The largest absolute Gasteiger partial charge is 0.484 e. The van der Waals surface area contributed by atoms with Crippen molar-refractivity contribution in [3.63, 3.8) is 0 Å². The van der Waals surface area contributed by atoms with Crippen LogP contribution in [0.5, 0.6) is 5.75 Å². The van der Waals surface area contributed by atoms with Gasteiger partial charge in [-0.25, -0.2) is 5.43 Å². The maximum atomic E-state index is 11.7. The third-order valence-corrected chi connectivity index (χ3v) is 3.17. The van der Waals surface area contributed by atoms with Crippen molar-refractivity contribution in [2.75, 3.05) is 13.2 Å². The normalized spacial score (nSPS) is 11.8. The lowest BCUT2D eigenvalue weighted by Crippen LogP contribution is -2.26. The van der Waals surface area contributed by atoms with E-state index in [1.54, 1.807) is 13.8 Å². The first-order chi connectivity index (χ1) is 11.2. The number of carbonyl (C=O) groups is 2. The summed E-state index contributed by atoms with van der Waals surface area (Å²) in [4.78, 5) is 23.0. The third kappa shape index (κ3) is 7.26. The van der Waals surface area contributed by atoms with Crippen LogP contribution in [0, 0.1) is 0 Å². The highest BCUT2D eigenvalue weighted by Crippen LogP contribution is 2.24. The Balaban J connectivity index is 2.42.